The van der Waals surface area contributed by atoms with Crippen LogP contribution in [0.1, 0.15) is 26.7 Å². The van der Waals surface area contributed by atoms with E-state index < -0.39 is 0 Å². The second-order valence-electron chi connectivity index (χ2n) is 2.93. The molecular weight excluding hydrogens is 112 g/mol. The SMILES string of the molecule is CCC1(C)C=COCC1. The lowest BCUT2D eigenvalue weighted by Gasteiger charge is -2.26. The molecule has 1 aliphatic heterocycles. The Bertz CT molecular complexity index is 118. The van der Waals surface area contributed by atoms with Crippen molar-refractivity contribution in [3.63, 3.8) is 0 Å². The Morgan fingerprint density at radius 3 is 2.78 bits per heavy atom. The van der Waals surface area contributed by atoms with Crippen LogP contribution >= 0.6 is 0 Å². The van der Waals surface area contributed by atoms with Crippen LogP contribution in [0.5, 0.6) is 0 Å². The van der Waals surface area contributed by atoms with Gasteiger partial charge in [-0.2, -0.15) is 0 Å². The Morgan fingerprint density at radius 2 is 2.44 bits per heavy atom. The molecule has 0 radical (unpaired) electrons. The molecule has 0 aromatic carbocycles. The number of allylic oxidation sites excluding steroid dienone is 1. The lowest BCUT2D eigenvalue weighted by Crippen LogP contribution is -2.17. The summed E-state index contributed by atoms with van der Waals surface area (Å²) in [7, 11) is 0. The van der Waals surface area contributed by atoms with E-state index in [-0.39, 0.29) is 0 Å². The molecule has 0 fully saturated rings. The van der Waals surface area contributed by atoms with E-state index in [1.54, 1.807) is 0 Å². The average Bonchev–Trinajstić information content (AvgIpc) is 1.90. The van der Waals surface area contributed by atoms with Crippen molar-refractivity contribution in [2.24, 2.45) is 5.41 Å². The van der Waals surface area contributed by atoms with E-state index in [4.69, 9.17) is 4.74 Å². The molecule has 0 amide bonds. The van der Waals surface area contributed by atoms with E-state index >= 15 is 0 Å². The van der Waals surface area contributed by atoms with Gasteiger partial charge in [0.1, 0.15) is 0 Å². The molecule has 1 heteroatoms. The van der Waals surface area contributed by atoms with Crippen molar-refractivity contribution in [3.8, 4) is 0 Å². The van der Waals surface area contributed by atoms with Crippen LogP contribution in [0.4, 0.5) is 0 Å². The van der Waals surface area contributed by atoms with Crippen LogP contribution < -0.4 is 0 Å². The molecule has 1 rings (SSSR count). The number of rotatable bonds is 1. The van der Waals surface area contributed by atoms with Crippen LogP contribution in [0.25, 0.3) is 0 Å². The molecule has 0 aliphatic carbocycles. The minimum atomic E-state index is 0.415. The van der Waals surface area contributed by atoms with E-state index in [0.717, 1.165) is 6.61 Å². The van der Waals surface area contributed by atoms with Gasteiger partial charge >= 0.3 is 0 Å². The number of hydrogen-bond acceptors (Lipinski definition) is 1. The Hall–Kier alpha value is -0.460. The summed E-state index contributed by atoms with van der Waals surface area (Å²) in [6, 6.07) is 0. The monoisotopic (exact) mass is 126 g/mol. The molecule has 1 atom stereocenters. The highest BCUT2D eigenvalue weighted by molar-refractivity contribution is 4.95. The first-order valence-corrected chi connectivity index (χ1v) is 3.56. The standard InChI is InChI=1S/C8H14O/c1-3-8(2)4-6-9-7-5-8/h4,6H,3,5,7H2,1-2H3. The summed E-state index contributed by atoms with van der Waals surface area (Å²) in [5, 5.41) is 0. The molecule has 0 saturated carbocycles. The lowest BCUT2D eigenvalue weighted by molar-refractivity contribution is 0.167. The van der Waals surface area contributed by atoms with Gasteiger partial charge < -0.3 is 4.74 Å². The Morgan fingerprint density at radius 1 is 1.67 bits per heavy atom. The molecule has 1 heterocycles. The fraction of sp³-hybridized carbons (Fsp3) is 0.750. The van der Waals surface area contributed by atoms with Crippen LogP contribution in [0, 0.1) is 5.41 Å². The van der Waals surface area contributed by atoms with Crippen molar-refractivity contribution in [1.82, 2.24) is 0 Å². The van der Waals surface area contributed by atoms with Crippen LogP contribution in [-0.4, -0.2) is 6.61 Å². The molecule has 0 N–H and O–H groups in total. The van der Waals surface area contributed by atoms with Crippen molar-refractivity contribution in [3.05, 3.63) is 12.3 Å². The summed E-state index contributed by atoms with van der Waals surface area (Å²) in [5.41, 5.74) is 0.415. The maximum atomic E-state index is 5.09. The number of ether oxygens (including phenoxy) is 1. The van der Waals surface area contributed by atoms with E-state index in [1.807, 2.05) is 6.26 Å². The normalized spacial score (nSPS) is 34.0. The zero-order valence-electron chi connectivity index (χ0n) is 6.18. The maximum absolute atomic E-state index is 5.09. The summed E-state index contributed by atoms with van der Waals surface area (Å²) in [5.74, 6) is 0. The minimum Gasteiger partial charge on any atom is -0.501 e. The molecule has 0 saturated heterocycles. The Kier molecular flexibility index (Phi) is 1.79. The fourth-order valence-electron chi connectivity index (χ4n) is 0.950. The second kappa shape index (κ2) is 2.42. The van der Waals surface area contributed by atoms with Gasteiger partial charge in [0.2, 0.25) is 0 Å². The van der Waals surface area contributed by atoms with E-state index in [1.165, 1.54) is 12.8 Å². The third-order valence-electron chi connectivity index (χ3n) is 2.17. The third-order valence-corrected chi connectivity index (χ3v) is 2.17. The van der Waals surface area contributed by atoms with Gasteiger partial charge in [0.15, 0.2) is 0 Å². The average molecular weight is 126 g/mol. The van der Waals surface area contributed by atoms with Gasteiger partial charge in [-0.3, -0.25) is 0 Å². The van der Waals surface area contributed by atoms with Crippen LogP contribution in [0.15, 0.2) is 12.3 Å². The molecule has 0 spiro atoms. The molecule has 1 aliphatic rings. The summed E-state index contributed by atoms with van der Waals surface area (Å²) in [6.07, 6.45) is 6.37. The van der Waals surface area contributed by atoms with E-state index in [2.05, 4.69) is 19.9 Å². The first-order chi connectivity index (χ1) is 4.27. The van der Waals surface area contributed by atoms with Crippen LogP contribution in [0.3, 0.4) is 0 Å². The van der Waals surface area contributed by atoms with Gasteiger partial charge in [-0.15, -0.1) is 0 Å². The summed E-state index contributed by atoms with van der Waals surface area (Å²) < 4.78 is 5.09. The molecule has 0 aromatic heterocycles. The predicted octanol–water partition coefficient (Wildman–Crippen LogP) is 2.34. The minimum absolute atomic E-state index is 0.415. The molecular formula is C8H14O. The molecule has 52 valence electrons. The van der Waals surface area contributed by atoms with Crippen molar-refractivity contribution in [2.45, 2.75) is 26.7 Å². The van der Waals surface area contributed by atoms with Gasteiger partial charge in [0.25, 0.3) is 0 Å². The highest BCUT2D eigenvalue weighted by atomic mass is 16.5. The van der Waals surface area contributed by atoms with Gasteiger partial charge in [-0.1, -0.05) is 13.8 Å². The lowest BCUT2D eigenvalue weighted by atomic mass is 9.84. The molecule has 9 heavy (non-hydrogen) atoms. The second-order valence-corrected chi connectivity index (χ2v) is 2.93. The van der Waals surface area contributed by atoms with Gasteiger partial charge in [0, 0.05) is 0 Å². The zero-order valence-corrected chi connectivity index (χ0v) is 6.18. The van der Waals surface area contributed by atoms with Gasteiger partial charge in [0.05, 0.1) is 12.9 Å². The Balaban J connectivity index is 2.56. The number of hydrogen-bond donors (Lipinski definition) is 0. The highest BCUT2D eigenvalue weighted by Gasteiger charge is 2.20. The smallest absolute Gasteiger partial charge is 0.0881 e. The first kappa shape index (κ1) is 6.66. The zero-order chi connectivity index (χ0) is 6.74. The summed E-state index contributed by atoms with van der Waals surface area (Å²) in [4.78, 5) is 0. The topological polar surface area (TPSA) is 9.23 Å². The highest BCUT2D eigenvalue weighted by Crippen LogP contribution is 2.29. The van der Waals surface area contributed by atoms with E-state index in [0.29, 0.717) is 5.41 Å². The molecule has 1 unspecified atom stereocenters. The summed E-state index contributed by atoms with van der Waals surface area (Å²) >= 11 is 0. The van der Waals surface area contributed by atoms with Crippen LogP contribution in [0.2, 0.25) is 0 Å². The summed E-state index contributed by atoms with van der Waals surface area (Å²) in [6.45, 7) is 5.38. The van der Waals surface area contributed by atoms with Crippen molar-refractivity contribution in [2.75, 3.05) is 6.61 Å². The maximum Gasteiger partial charge on any atom is 0.0881 e. The third kappa shape index (κ3) is 1.47. The Labute approximate surface area is 56.7 Å². The molecule has 1 nitrogen and oxygen atoms in total. The van der Waals surface area contributed by atoms with Crippen molar-refractivity contribution in [1.29, 1.82) is 0 Å². The van der Waals surface area contributed by atoms with Crippen molar-refractivity contribution < 1.29 is 4.74 Å². The largest absolute Gasteiger partial charge is 0.501 e. The van der Waals surface area contributed by atoms with E-state index in [9.17, 15) is 0 Å². The molecule has 0 aromatic rings. The van der Waals surface area contributed by atoms with Crippen LogP contribution in [-0.2, 0) is 4.74 Å². The van der Waals surface area contributed by atoms with Gasteiger partial charge in [-0.05, 0) is 24.3 Å². The molecule has 0 bridgehead atoms. The first-order valence-electron chi connectivity index (χ1n) is 3.56. The van der Waals surface area contributed by atoms with Gasteiger partial charge in [-0.25, -0.2) is 0 Å². The van der Waals surface area contributed by atoms with Crippen molar-refractivity contribution >= 4 is 0 Å². The fourth-order valence-corrected chi connectivity index (χ4v) is 0.950. The quantitative estimate of drug-likeness (QED) is 0.524. The predicted molar refractivity (Wildman–Crippen MR) is 38.1 cm³/mol.